The Bertz CT molecular complexity index is 1590. The third-order valence-electron chi connectivity index (χ3n) is 9.09. The Labute approximate surface area is 209 Å². The largest absolute Gasteiger partial charge is 0.385 e. The number of unbranched alkanes of at least 4 members (excludes halogenated alkanes) is 1. The maximum absolute atomic E-state index is 13.5. The van der Waals surface area contributed by atoms with Crippen LogP contribution in [0, 0.1) is 6.92 Å². The second-order valence-electron chi connectivity index (χ2n) is 11.4. The van der Waals surface area contributed by atoms with Crippen molar-refractivity contribution in [1.82, 2.24) is 23.9 Å². The second-order valence-corrected chi connectivity index (χ2v) is 11.4. The fourth-order valence-corrected chi connectivity index (χ4v) is 7.02. The molecule has 5 unspecified atom stereocenters. The van der Waals surface area contributed by atoms with Gasteiger partial charge in [-0.15, -0.1) is 0 Å². The van der Waals surface area contributed by atoms with Crippen LogP contribution in [0.2, 0.25) is 0 Å². The van der Waals surface area contributed by atoms with E-state index in [1.165, 1.54) is 16.5 Å². The highest BCUT2D eigenvalue weighted by atomic mass is 16.3. The molecule has 5 aliphatic heterocycles. The second kappa shape index (κ2) is 6.78. The Morgan fingerprint density at radius 1 is 1.22 bits per heavy atom. The number of imidazole rings is 1. The summed E-state index contributed by atoms with van der Waals surface area (Å²) in [7, 11) is 0. The third-order valence-corrected chi connectivity index (χ3v) is 9.09. The summed E-state index contributed by atoms with van der Waals surface area (Å²) in [5.41, 5.74) is 5.88. The van der Waals surface area contributed by atoms with Gasteiger partial charge in [-0.2, -0.15) is 0 Å². The number of carbonyl (C=O) groups is 1. The van der Waals surface area contributed by atoms with E-state index in [0.717, 1.165) is 54.0 Å². The highest BCUT2D eigenvalue weighted by Crippen LogP contribution is 2.59. The van der Waals surface area contributed by atoms with Gasteiger partial charge in [0.2, 0.25) is 0 Å². The molecule has 7 heterocycles. The summed E-state index contributed by atoms with van der Waals surface area (Å²) in [5.74, 6) is 0.993. The van der Waals surface area contributed by atoms with Crippen LogP contribution in [0.1, 0.15) is 54.6 Å². The number of para-hydroxylation sites is 1. The summed E-state index contributed by atoms with van der Waals surface area (Å²) >= 11 is 0. The topological polar surface area (TPSA) is 66.3 Å². The molecule has 0 saturated carbocycles. The molecule has 9 rings (SSSR count). The normalized spacial score (nSPS) is 29.3. The summed E-state index contributed by atoms with van der Waals surface area (Å²) in [6.07, 6.45) is 3.12. The molecule has 7 heteroatoms. The van der Waals surface area contributed by atoms with Gasteiger partial charge in [-0.05, 0) is 50.5 Å². The minimum Gasteiger partial charge on any atom is -0.385 e. The number of piperazine rings is 1. The first-order valence-corrected chi connectivity index (χ1v) is 13.3. The molecular weight excluding hydrogens is 450 g/mol. The smallest absolute Gasteiger partial charge is 0.255 e. The summed E-state index contributed by atoms with van der Waals surface area (Å²) in [4.78, 5) is 23.1. The molecule has 7 nitrogen and oxygen atoms in total. The van der Waals surface area contributed by atoms with E-state index in [1.54, 1.807) is 0 Å². The maximum atomic E-state index is 13.5. The molecule has 2 aromatic heterocycles. The first kappa shape index (κ1) is 21.0. The van der Waals surface area contributed by atoms with Crippen LogP contribution in [-0.2, 0) is 18.7 Å². The standard InChI is InChI=1S/C29H31N5O2/c1-4-5-10-31-21(14-17-8-6-7-16(2)23(17)31)26-30-20-13-18(28(35)33-15-22-25-27(33)34(22)25)12-19-24(20)32(26)11-9-29(19,3)36/h6-8,12-14,22,25,27,36H,4-5,9-11,15H2,1-3H3. The lowest BCUT2D eigenvalue weighted by Crippen LogP contribution is -2.32. The lowest BCUT2D eigenvalue weighted by molar-refractivity contribution is 0.0398. The van der Waals surface area contributed by atoms with Crippen molar-refractivity contribution in [2.24, 2.45) is 0 Å². The Balaban J connectivity index is 1.33. The van der Waals surface area contributed by atoms with Crippen molar-refractivity contribution < 1.29 is 9.90 Å². The Morgan fingerprint density at radius 2 is 2.06 bits per heavy atom. The van der Waals surface area contributed by atoms with Gasteiger partial charge < -0.3 is 19.1 Å². The van der Waals surface area contributed by atoms with E-state index in [0.29, 0.717) is 36.8 Å². The number of amides is 1. The lowest BCUT2D eigenvalue weighted by Gasteiger charge is -2.31. The number of rotatable bonds is 5. The number of hydrogen-bond acceptors (Lipinski definition) is 4. The van der Waals surface area contributed by atoms with Crippen LogP contribution in [0.4, 0.5) is 0 Å². The van der Waals surface area contributed by atoms with Crippen LogP contribution in [0.25, 0.3) is 33.5 Å². The number of aromatic nitrogens is 3. The number of hydrogen-bond donors (Lipinski definition) is 1. The molecule has 5 atom stereocenters. The quantitative estimate of drug-likeness (QED) is 0.434. The number of aryl methyl sites for hydroxylation is 3. The van der Waals surface area contributed by atoms with Crippen molar-refractivity contribution in [3.8, 4) is 11.5 Å². The van der Waals surface area contributed by atoms with E-state index in [1.807, 2.05) is 24.0 Å². The van der Waals surface area contributed by atoms with Crippen LogP contribution in [0.3, 0.4) is 0 Å². The monoisotopic (exact) mass is 481 g/mol. The number of fused-ring (bicyclic) bond motifs is 2. The number of benzene rings is 2. The van der Waals surface area contributed by atoms with Crippen LogP contribution in [0.15, 0.2) is 36.4 Å². The third kappa shape index (κ3) is 2.60. The van der Waals surface area contributed by atoms with E-state index in [2.05, 4.69) is 52.1 Å². The van der Waals surface area contributed by atoms with Crippen molar-refractivity contribution in [2.45, 2.75) is 77.0 Å². The summed E-state index contributed by atoms with van der Waals surface area (Å²) in [6, 6.07) is 13.8. The van der Waals surface area contributed by atoms with E-state index in [4.69, 9.17) is 4.98 Å². The van der Waals surface area contributed by atoms with Gasteiger partial charge in [0, 0.05) is 42.2 Å². The average molecular weight is 482 g/mol. The van der Waals surface area contributed by atoms with Gasteiger partial charge in [-0.3, -0.25) is 9.69 Å². The van der Waals surface area contributed by atoms with Gasteiger partial charge in [-0.1, -0.05) is 31.5 Å². The van der Waals surface area contributed by atoms with E-state index < -0.39 is 5.60 Å². The predicted octanol–water partition coefficient (Wildman–Crippen LogP) is 4.23. The van der Waals surface area contributed by atoms with E-state index in [9.17, 15) is 9.90 Å². The molecule has 0 spiro atoms. The summed E-state index contributed by atoms with van der Waals surface area (Å²) in [6.45, 7) is 8.73. The van der Waals surface area contributed by atoms with Crippen molar-refractivity contribution in [1.29, 1.82) is 0 Å². The zero-order valence-electron chi connectivity index (χ0n) is 21.0. The molecular formula is C29H31N5O2. The zero-order chi connectivity index (χ0) is 24.5. The Hall–Kier alpha value is -3.16. The van der Waals surface area contributed by atoms with Crippen LogP contribution < -0.4 is 0 Å². The molecule has 2 aromatic carbocycles. The molecule has 5 aliphatic rings. The number of nitrogens with zero attached hydrogens (tertiary/aromatic N) is 5. The minimum atomic E-state index is -0.991. The summed E-state index contributed by atoms with van der Waals surface area (Å²) in [5, 5.41) is 12.6. The van der Waals surface area contributed by atoms with Crippen molar-refractivity contribution >= 4 is 27.8 Å². The fraction of sp³-hybridized carbons (Fsp3) is 0.448. The zero-order valence-corrected chi connectivity index (χ0v) is 21.0. The SMILES string of the molecule is CCCCn1c(-c2nc3cc(C(=O)N4CC5C6C4N56)cc4c3n2CCC4(C)O)cc2cccc(C)c21. The lowest BCUT2D eigenvalue weighted by atomic mass is 9.87. The number of carbonyl (C=O) groups excluding carboxylic acids is 1. The van der Waals surface area contributed by atoms with Gasteiger partial charge in [0.15, 0.2) is 5.82 Å². The molecule has 2 bridgehead atoms. The molecule has 1 amide bonds. The van der Waals surface area contributed by atoms with Crippen molar-refractivity contribution in [3.05, 3.63) is 53.1 Å². The molecule has 184 valence electrons. The first-order valence-electron chi connectivity index (χ1n) is 13.3. The molecule has 4 saturated heterocycles. The molecule has 0 radical (unpaired) electrons. The summed E-state index contributed by atoms with van der Waals surface area (Å²) < 4.78 is 4.69. The van der Waals surface area contributed by atoms with E-state index in [-0.39, 0.29) is 5.91 Å². The highest BCUT2D eigenvalue weighted by molar-refractivity contribution is 6.00. The van der Waals surface area contributed by atoms with Crippen molar-refractivity contribution in [2.75, 3.05) is 6.54 Å². The van der Waals surface area contributed by atoms with Gasteiger partial charge in [0.1, 0.15) is 6.17 Å². The van der Waals surface area contributed by atoms with Crippen LogP contribution in [-0.4, -0.2) is 59.7 Å². The Morgan fingerprint density at radius 3 is 2.81 bits per heavy atom. The Kier molecular flexibility index (Phi) is 3.95. The first-order chi connectivity index (χ1) is 17.4. The van der Waals surface area contributed by atoms with Gasteiger partial charge in [0.05, 0.1) is 33.9 Å². The van der Waals surface area contributed by atoms with Crippen molar-refractivity contribution in [3.63, 3.8) is 0 Å². The van der Waals surface area contributed by atoms with Gasteiger partial charge in [-0.25, -0.2) is 4.98 Å². The highest BCUT2D eigenvalue weighted by Gasteiger charge is 2.80. The van der Waals surface area contributed by atoms with Crippen LogP contribution >= 0.6 is 0 Å². The van der Waals surface area contributed by atoms with Crippen LogP contribution in [0.5, 0.6) is 0 Å². The fourth-order valence-electron chi connectivity index (χ4n) is 7.02. The molecule has 1 N–H and O–H groups in total. The molecule has 0 aliphatic carbocycles. The van der Waals surface area contributed by atoms with Gasteiger partial charge >= 0.3 is 0 Å². The molecule has 4 aromatic rings. The molecule has 36 heavy (non-hydrogen) atoms. The van der Waals surface area contributed by atoms with E-state index >= 15 is 0 Å². The predicted molar refractivity (Wildman–Crippen MR) is 139 cm³/mol. The maximum Gasteiger partial charge on any atom is 0.255 e. The number of aliphatic hydroxyl groups is 1. The average Bonchev–Trinajstić information content (AvgIpc) is 3.45. The minimum absolute atomic E-state index is 0.0656. The van der Waals surface area contributed by atoms with Gasteiger partial charge in [0.25, 0.3) is 5.91 Å². The molecule has 4 fully saturated rings.